The predicted octanol–water partition coefficient (Wildman–Crippen LogP) is 6.56. The minimum atomic E-state index is -1.83. The van der Waals surface area contributed by atoms with Crippen molar-refractivity contribution in [3.63, 3.8) is 0 Å². The number of hydrogen-bond donors (Lipinski definition) is 1. The topological polar surface area (TPSA) is 105 Å². The molecule has 0 aliphatic carbocycles. The number of rotatable bonds is 10. The summed E-state index contributed by atoms with van der Waals surface area (Å²) in [7, 11) is -1.83. The first-order valence-electron chi connectivity index (χ1n) is 16.8. The van der Waals surface area contributed by atoms with Crippen molar-refractivity contribution < 1.29 is 18.9 Å². The number of hydrogen-bond acceptors (Lipinski definition) is 8. The molecule has 3 aromatic rings. The number of nitrogens with zero attached hydrogens (tertiary/aromatic N) is 5. The molecule has 1 N–H and O–H groups in total. The molecule has 2 aromatic heterocycles. The van der Waals surface area contributed by atoms with E-state index in [0.717, 1.165) is 38.0 Å². The van der Waals surface area contributed by atoms with E-state index in [1.165, 1.54) is 5.56 Å². The van der Waals surface area contributed by atoms with Crippen LogP contribution in [-0.4, -0.2) is 83.6 Å². The van der Waals surface area contributed by atoms with E-state index in [2.05, 4.69) is 93.9 Å². The number of piperidine rings is 1. The lowest BCUT2D eigenvalue weighted by molar-refractivity contribution is -0.137. The highest BCUT2D eigenvalue weighted by Gasteiger charge is 2.56. The standard InChI is InChI=1S/C36H53N5O4Si/c1-25(2)27-10-12-30(13-11-27)36(43,35(7)23-40(24-35)18-19-44-46(8,9)34(4,5)6)31-20-29(21-37-22-31)32-38-33(45-39-32)28-14-16-41(17-15-28)26(3)42/h10-13,20-22,25,28,43H,14-19,23-24H2,1-9H3. The Hall–Kier alpha value is -2.92. The van der Waals surface area contributed by atoms with E-state index < -0.39 is 19.3 Å². The number of likely N-dealkylation sites (tertiary alicyclic amines) is 2. The molecule has 46 heavy (non-hydrogen) atoms. The molecule has 0 spiro atoms. The van der Waals surface area contributed by atoms with Crippen molar-refractivity contribution in [3.05, 3.63) is 65.3 Å². The van der Waals surface area contributed by atoms with Gasteiger partial charge in [0.05, 0.1) is 0 Å². The second-order valence-electron chi connectivity index (χ2n) is 15.6. The average molecular weight is 648 g/mol. The van der Waals surface area contributed by atoms with E-state index in [1.807, 2.05) is 11.0 Å². The van der Waals surface area contributed by atoms with Crippen LogP contribution in [0, 0.1) is 5.41 Å². The van der Waals surface area contributed by atoms with E-state index in [0.29, 0.717) is 48.5 Å². The molecule has 2 aliphatic heterocycles. The highest BCUT2D eigenvalue weighted by atomic mass is 28.4. The van der Waals surface area contributed by atoms with Crippen molar-refractivity contribution >= 4 is 14.2 Å². The molecule has 2 saturated heterocycles. The highest BCUT2D eigenvalue weighted by molar-refractivity contribution is 6.74. The van der Waals surface area contributed by atoms with Crippen molar-refractivity contribution in [1.82, 2.24) is 24.9 Å². The quantitative estimate of drug-likeness (QED) is 0.247. The summed E-state index contributed by atoms with van der Waals surface area (Å²) < 4.78 is 12.2. The van der Waals surface area contributed by atoms with Crippen LogP contribution in [0.3, 0.4) is 0 Å². The van der Waals surface area contributed by atoms with E-state index in [4.69, 9.17) is 13.9 Å². The van der Waals surface area contributed by atoms with Crippen molar-refractivity contribution in [2.75, 3.05) is 39.3 Å². The Kier molecular flexibility index (Phi) is 9.68. The second-order valence-corrected chi connectivity index (χ2v) is 20.4. The lowest BCUT2D eigenvalue weighted by Crippen LogP contribution is -2.65. The van der Waals surface area contributed by atoms with Gasteiger partial charge in [0.15, 0.2) is 8.32 Å². The number of carbonyl (C=O) groups excluding carboxylic acids is 1. The molecule has 5 rings (SSSR count). The van der Waals surface area contributed by atoms with Crippen molar-refractivity contribution in [2.24, 2.45) is 5.41 Å². The lowest BCUT2D eigenvalue weighted by Gasteiger charge is -2.57. The maximum Gasteiger partial charge on any atom is 0.230 e. The van der Waals surface area contributed by atoms with Crippen LogP contribution < -0.4 is 0 Å². The minimum absolute atomic E-state index is 0.0987. The third-order valence-corrected chi connectivity index (χ3v) is 15.4. The molecule has 1 unspecified atom stereocenters. The minimum Gasteiger partial charge on any atom is -0.416 e. The molecule has 250 valence electrons. The monoisotopic (exact) mass is 647 g/mol. The van der Waals surface area contributed by atoms with Gasteiger partial charge in [-0.05, 0) is 54.1 Å². The molecule has 2 aliphatic rings. The van der Waals surface area contributed by atoms with Gasteiger partial charge in [0.2, 0.25) is 17.6 Å². The zero-order valence-corrected chi connectivity index (χ0v) is 30.3. The van der Waals surface area contributed by atoms with Crippen molar-refractivity contribution in [2.45, 2.75) is 96.9 Å². The zero-order valence-electron chi connectivity index (χ0n) is 29.3. The van der Waals surface area contributed by atoms with Gasteiger partial charge in [-0.3, -0.25) is 14.7 Å². The predicted molar refractivity (Wildman–Crippen MR) is 183 cm³/mol. The van der Waals surface area contributed by atoms with Gasteiger partial charge >= 0.3 is 0 Å². The fourth-order valence-electron chi connectivity index (χ4n) is 6.67. The first-order valence-corrected chi connectivity index (χ1v) is 19.7. The van der Waals surface area contributed by atoms with Crippen LogP contribution in [-0.2, 0) is 14.8 Å². The molecule has 1 amide bonds. The van der Waals surface area contributed by atoms with Crippen LogP contribution in [0.5, 0.6) is 0 Å². The van der Waals surface area contributed by atoms with Gasteiger partial charge in [-0.2, -0.15) is 4.98 Å². The number of aromatic nitrogens is 3. The summed E-state index contributed by atoms with van der Waals surface area (Å²) in [6.45, 7) is 23.9. The molecule has 0 bridgehead atoms. The number of aliphatic hydroxyl groups is 1. The number of amides is 1. The zero-order chi connectivity index (χ0) is 33.5. The summed E-state index contributed by atoms with van der Waals surface area (Å²) in [5.41, 5.74) is 1.73. The summed E-state index contributed by atoms with van der Waals surface area (Å²) >= 11 is 0. The number of benzene rings is 1. The number of carbonyl (C=O) groups is 1. The van der Waals surface area contributed by atoms with Crippen LogP contribution in [0.15, 0.2) is 47.2 Å². The molecule has 9 nitrogen and oxygen atoms in total. The molecule has 2 fully saturated rings. The summed E-state index contributed by atoms with van der Waals surface area (Å²) in [5, 5.41) is 17.4. The van der Waals surface area contributed by atoms with Gasteiger partial charge in [0.25, 0.3) is 0 Å². The molecule has 1 atom stereocenters. The fraction of sp³-hybridized carbons (Fsp3) is 0.611. The lowest BCUT2D eigenvalue weighted by atomic mass is 9.62. The van der Waals surface area contributed by atoms with Gasteiger partial charge in [-0.25, -0.2) is 0 Å². The van der Waals surface area contributed by atoms with Crippen LogP contribution in [0.1, 0.15) is 95.7 Å². The van der Waals surface area contributed by atoms with Crippen molar-refractivity contribution in [3.8, 4) is 11.4 Å². The van der Waals surface area contributed by atoms with Gasteiger partial charge in [0.1, 0.15) is 5.60 Å². The third kappa shape index (κ3) is 6.72. The van der Waals surface area contributed by atoms with Gasteiger partial charge in [0, 0.05) is 81.1 Å². The van der Waals surface area contributed by atoms with Gasteiger partial charge in [-0.1, -0.05) is 71.0 Å². The SMILES string of the molecule is CC(=O)N1CCC(c2nc(-c3cncc(C(O)(c4ccc(C(C)C)cc4)C4(C)CN(CCO[Si](C)(C)C(C)(C)C)C4)c3)no2)CC1. The van der Waals surface area contributed by atoms with E-state index in [1.54, 1.807) is 19.3 Å². The third-order valence-electron chi connectivity index (χ3n) is 10.8. The number of pyridine rings is 1. The van der Waals surface area contributed by atoms with Crippen LogP contribution in [0.2, 0.25) is 18.1 Å². The van der Waals surface area contributed by atoms with Crippen LogP contribution >= 0.6 is 0 Å². The summed E-state index contributed by atoms with van der Waals surface area (Å²) in [5.74, 6) is 1.65. The highest BCUT2D eigenvalue weighted by Crippen LogP contribution is 2.51. The van der Waals surface area contributed by atoms with Crippen LogP contribution in [0.25, 0.3) is 11.4 Å². The Bertz CT molecular complexity index is 1500. The smallest absolute Gasteiger partial charge is 0.230 e. The van der Waals surface area contributed by atoms with E-state index in [9.17, 15) is 9.90 Å². The van der Waals surface area contributed by atoms with Gasteiger partial charge < -0.3 is 19.0 Å². The molecule has 0 radical (unpaired) electrons. The Balaban J connectivity index is 1.39. The fourth-order valence-corrected chi connectivity index (χ4v) is 7.70. The van der Waals surface area contributed by atoms with Gasteiger partial charge in [-0.15, -0.1) is 0 Å². The Labute approximate surface area is 275 Å². The molecule has 0 saturated carbocycles. The summed E-state index contributed by atoms with van der Waals surface area (Å²) in [6, 6.07) is 10.3. The molecular weight excluding hydrogens is 595 g/mol. The normalized spacial score (nSPS) is 19.2. The first kappa shape index (κ1) is 34.4. The van der Waals surface area contributed by atoms with Crippen LogP contribution in [0.4, 0.5) is 0 Å². The average Bonchev–Trinajstić information content (AvgIpc) is 3.50. The van der Waals surface area contributed by atoms with E-state index >= 15 is 0 Å². The van der Waals surface area contributed by atoms with E-state index in [-0.39, 0.29) is 16.9 Å². The maximum atomic E-state index is 12.9. The largest absolute Gasteiger partial charge is 0.416 e. The molecule has 4 heterocycles. The molecule has 1 aromatic carbocycles. The first-order chi connectivity index (χ1) is 21.5. The summed E-state index contributed by atoms with van der Waals surface area (Å²) in [6.07, 6.45) is 5.09. The molecule has 10 heteroatoms. The maximum absolute atomic E-state index is 12.9. The Morgan fingerprint density at radius 2 is 1.76 bits per heavy atom. The second kappa shape index (κ2) is 12.9. The summed E-state index contributed by atoms with van der Waals surface area (Å²) in [4.78, 5) is 25.3. The Morgan fingerprint density at radius 3 is 2.35 bits per heavy atom. The van der Waals surface area contributed by atoms with Crippen molar-refractivity contribution in [1.29, 1.82) is 0 Å². The Morgan fingerprint density at radius 1 is 1.11 bits per heavy atom. The molecular formula is C36H53N5O4Si.